The van der Waals surface area contributed by atoms with Crippen LogP contribution in [0.3, 0.4) is 0 Å². The monoisotopic (exact) mass is 377 g/mol. The highest BCUT2D eigenvalue weighted by molar-refractivity contribution is 7.15. The molecule has 1 aliphatic carbocycles. The molecule has 0 bridgehead atoms. The number of aromatic amines is 1. The van der Waals surface area contributed by atoms with Gasteiger partial charge in [0.05, 0.1) is 5.69 Å². The van der Waals surface area contributed by atoms with Crippen molar-refractivity contribution in [2.45, 2.75) is 38.6 Å². The molecule has 4 aromatic rings. The van der Waals surface area contributed by atoms with Crippen LogP contribution in [-0.4, -0.2) is 34.7 Å². The van der Waals surface area contributed by atoms with E-state index in [0.717, 1.165) is 48.0 Å². The van der Waals surface area contributed by atoms with Gasteiger partial charge in [0.15, 0.2) is 16.7 Å². The van der Waals surface area contributed by atoms with Gasteiger partial charge in [0.2, 0.25) is 0 Å². The predicted molar refractivity (Wildman–Crippen MR) is 103 cm³/mol. The summed E-state index contributed by atoms with van der Waals surface area (Å²) in [5, 5.41) is 8.38. The Balaban J connectivity index is 1.32. The molecule has 0 fully saturated rings. The Kier molecular flexibility index (Phi) is 4.25. The number of hydrogen-bond acceptors (Lipinski definition) is 6. The molecular weight excluding hydrogens is 358 g/mol. The van der Waals surface area contributed by atoms with Crippen molar-refractivity contribution in [2.24, 2.45) is 0 Å². The molecule has 0 saturated heterocycles. The van der Waals surface area contributed by atoms with Crippen molar-refractivity contribution in [3.8, 4) is 22.2 Å². The zero-order valence-electron chi connectivity index (χ0n) is 14.8. The Bertz CT molecular complexity index is 1020. The van der Waals surface area contributed by atoms with E-state index >= 15 is 0 Å². The Morgan fingerprint density at radius 1 is 1.07 bits per heavy atom. The summed E-state index contributed by atoms with van der Waals surface area (Å²) in [6, 6.07) is 3.82. The second-order valence-electron chi connectivity index (χ2n) is 6.63. The van der Waals surface area contributed by atoms with Crippen molar-refractivity contribution >= 4 is 11.3 Å². The molecule has 1 N–H and O–H groups in total. The van der Waals surface area contributed by atoms with Gasteiger partial charge in [-0.05, 0) is 37.8 Å². The molecule has 4 heterocycles. The number of pyridine rings is 1. The number of imidazole rings is 1. The number of aryl methyl sites for hydroxylation is 4. The lowest BCUT2D eigenvalue weighted by atomic mass is 10.0. The summed E-state index contributed by atoms with van der Waals surface area (Å²) < 4.78 is 2.15. The molecule has 7 nitrogen and oxygen atoms in total. The number of hydrogen-bond donors (Lipinski definition) is 1. The molecule has 0 radical (unpaired) electrons. The SMILES string of the molecule is c1cc(-c2n[nH]c(CCn3ccnc3-c3nc4c(s3)CCCC4)n2)ccn1. The number of aromatic nitrogens is 7. The summed E-state index contributed by atoms with van der Waals surface area (Å²) in [5.41, 5.74) is 2.23. The standard InChI is InChI=1S/C19H19N7S/c1-2-4-15-14(3-1)22-19(27-15)18-21-10-12-26(18)11-7-16-23-17(25-24-16)13-5-8-20-9-6-13/h5-6,8-10,12H,1-4,7,11H2,(H,23,24,25). The van der Waals surface area contributed by atoms with Crippen molar-refractivity contribution in [3.05, 3.63) is 53.3 Å². The molecule has 0 amide bonds. The van der Waals surface area contributed by atoms with E-state index in [1.165, 1.54) is 23.4 Å². The van der Waals surface area contributed by atoms with Crippen molar-refractivity contribution < 1.29 is 0 Å². The smallest absolute Gasteiger partial charge is 0.181 e. The first kappa shape index (κ1) is 16.3. The maximum absolute atomic E-state index is 4.85. The van der Waals surface area contributed by atoms with E-state index in [4.69, 9.17) is 4.98 Å². The van der Waals surface area contributed by atoms with Crippen LogP contribution in [0.25, 0.3) is 22.2 Å². The van der Waals surface area contributed by atoms with Crippen LogP contribution >= 0.6 is 11.3 Å². The second kappa shape index (κ2) is 7.03. The molecule has 0 spiro atoms. The highest BCUT2D eigenvalue weighted by Gasteiger charge is 2.18. The molecule has 136 valence electrons. The fourth-order valence-corrected chi connectivity index (χ4v) is 4.56. The molecule has 0 aromatic carbocycles. The first-order valence-electron chi connectivity index (χ1n) is 9.18. The van der Waals surface area contributed by atoms with Crippen LogP contribution in [0.15, 0.2) is 36.9 Å². The van der Waals surface area contributed by atoms with Crippen LogP contribution in [0.1, 0.15) is 29.2 Å². The number of nitrogens with zero attached hydrogens (tertiary/aromatic N) is 6. The van der Waals surface area contributed by atoms with Gasteiger partial charge in [-0.2, -0.15) is 5.10 Å². The minimum absolute atomic E-state index is 0.700. The van der Waals surface area contributed by atoms with Gasteiger partial charge in [-0.25, -0.2) is 15.0 Å². The Morgan fingerprint density at radius 3 is 2.85 bits per heavy atom. The summed E-state index contributed by atoms with van der Waals surface area (Å²) in [5.74, 6) is 2.51. The number of thiazole rings is 1. The average molecular weight is 377 g/mol. The zero-order chi connectivity index (χ0) is 18.1. The van der Waals surface area contributed by atoms with Crippen LogP contribution in [0, 0.1) is 0 Å². The number of rotatable bonds is 5. The van der Waals surface area contributed by atoms with Gasteiger partial charge in [0.1, 0.15) is 5.82 Å². The Morgan fingerprint density at radius 2 is 1.96 bits per heavy atom. The van der Waals surface area contributed by atoms with Crippen LogP contribution in [0.5, 0.6) is 0 Å². The lowest BCUT2D eigenvalue weighted by Crippen LogP contribution is -2.04. The fraction of sp³-hybridized carbons (Fsp3) is 0.316. The van der Waals surface area contributed by atoms with Gasteiger partial charge < -0.3 is 4.57 Å². The first-order valence-corrected chi connectivity index (χ1v) is 10.0. The van der Waals surface area contributed by atoms with Gasteiger partial charge in [-0.3, -0.25) is 10.1 Å². The molecule has 1 aliphatic rings. The first-order chi connectivity index (χ1) is 13.4. The van der Waals surface area contributed by atoms with Gasteiger partial charge in [0.25, 0.3) is 0 Å². The van der Waals surface area contributed by atoms with Crippen LogP contribution in [-0.2, 0) is 25.8 Å². The fourth-order valence-electron chi connectivity index (χ4n) is 3.40. The maximum Gasteiger partial charge on any atom is 0.181 e. The molecule has 8 heteroatoms. The van der Waals surface area contributed by atoms with Crippen molar-refractivity contribution in [3.63, 3.8) is 0 Å². The van der Waals surface area contributed by atoms with Crippen LogP contribution in [0.4, 0.5) is 0 Å². The van der Waals surface area contributed by atoms with Crippen LogP contribution < -0.4 is 0 Å². The molecule has 4 aromatic heterocycles. The minimum atomic E-state index is 0.700. The van der Waals surface area contributed by atoms with E-state index in [9.17, 15) is 0 Å². The van der Waals surface area contributed by atoms with Gasteiger partial charge in [-0.1, -0.05) is 0 Å². The average Bonchev–Trinajstić information content (AvgIpc) is 3.45. The lowest BCUT2D eigenvalue weighted by Gasteiger charge is -2.06. The predicted octanol–water partition coefficient (Wildman–Crippen LogP) is 3.31. The topological polar surface area (TPSA) is 85.2 Å². The number of H-pyrrole nitrogens is 1. The quantitative estimate of drug-likeness (QED) is 0.577. The van der Waals surface area contributed by atoms with E-state index in [2.05, 4.69) is 29.7 Å². The third-order valence-electron chi connectivity index (χ3n) is 4.81. The maximum atomic E-state index is 4.85. The van der Waals surface area contributed by atoms with Gasteiger partial charge in [0, 0.05) is 48.2 Å². The van der Waals surface area contributed by atoms with Gasteiger partial charge >= 0.3 is 0 Å². The summed E-state index contributed by atoms with van der Waals surface area (Å²) in [6.45, 7) is 0.782. The third kappa shape index (κ3) is 3.28. The number of fused-ring (bicyclic) bond motifs is 1. The summed E-state index contributed by atoms with van der Waals surface area (Å²) in [4.78, 5) is 19.5. The third-order valence-corrected chi connectivity index (χ3v) is 5.97. The Labute approximate surface area is 160 Å². The molecular formula is C19H19N7S. The minimum Gasteiger partial charge on any atom is -0.329 e. The van der Waals surface area contributed by atoms with E-state index < -0.39 is 0 Å². The molecule has 27 heavy (non-hydrogen) atoms. The molecule has 5 rings (SSSR count). The highest BCUT2D eigenvalue weighted by atomic mass is 32.1. The summed E-state index contributed by atoms with van der Waals surface area (Å²) in [7, 11) is 0. The molecule has 0 atom stereocenters. The van der Waals surface area contributed by atoms with E-state index in [-0.39, 0.29) is 0 Å². The van der Waals surface area contributed by atoms with E-state index in [0.29, 0.717) is 5.82 Å². The van der Waals surface area contributed by atoms with Crippen molar-refractivity contribution in [2.75, 3.05) is 0 Å². The normalized spacial score (nSPS) is 13.6. The lowest BCUT2D eigenvalue weighted by molar-refractivity contribution is 0.674. The molecule has 0 aliphatic heterocycles. The summed E-state index contributed by atoms with van der Waals surface area (Å²) in [6.07, 6.45) is 12.9. The van der Waals surface area contributed by atoms with Gasteiger partial charge in [-0.15, -0.1) is 11.3 Å². The zero-order valence-corrected chi connectivity index (χ0v) is 15.6. The van der Waals surface area contributed by atoms with Crippen molar-refractivity contribution in [1.82, 2.24) is 34.7 Å². The molecule has 0 unspecified atom stereocenters. The second-order valence-corrected chi connectivity index (χ2v) is 7.72. The highest BCUT2D eigenvalue weighted by Crippen LogP contribution is 2.32. The summed E-state index contributed by atoms with van der Waals surface area (Å²) >= 11 is 1.79. The Hall–Kier alpha value is -2.87. The van der Waals surface area contributed by atoms with E-state index in [1.54, 1.807) is 23.7 Å². The molecule has 0 saturated carbocycles. The van der Waals surface area contributed by atoms with E-state index in [1.807, 2.05) is 24.5 Å². The largest absolute Gasteiger partial charge is 0.329 e. The number of nitrogens with one attached hydrogen (secondary N) is 1. The van der Waals surface area contributed by atoms with Crippen LogP contribution in [0.2, 0.25) is 0 Å². The van der Waals surface area contributed by atoms with Crippen molar-refractivity contribution in [1.29, 1.82) is 0 Å².